The summed E-state index contributed by atoms with van der Waals surface area (Å²) in [7, 11) is 0. The Morgan fingerprint density at radius 1 is 1.19 bits per heavy atom. The highest BCUT2D eigenvalue weighted by Gasteiger charge is 2.37. The molecule has 0 aliphatic rings. The van der Waals surface area contributed by atoms with Crippen molar-refractivity contribution < 1.29 is 23.9 Å². The van der Waals surface area contributed by atoms with Crippen molar-refractivity contribution in [1.82, 2.24) is 0 Å². The fraction of sp³-hybridized carbons (Fsp3) is 0.700. The zero-order valence-electron chi connectivity index (χ0n) is 9.90. The summed E-state index contributed by atoms with van der Waals surface area (Å²) < 4.78 is 9.59. The normalized spacial score (nSPS) is 12.8. The average Bonchev–Trinajstić information content (AvgIpc) is 2.10. The van der Waals surface area contributed by atoms with E-state index in [1.54, 1.807) is 13.8 Å². The fourth-order valence-corrected chi connectivity index (χ4v) is 1.13. The molecule has 16 heavy (non-hydrogen) atoms. The second-order valence-corrected chi connectivity index (χ2v) is 4.16. The van der Waals surface area contributed by atoms with Crippen LogP contribution >= 0.6 is 0 Å². The topological polar surface area (TPSA) is 95.7 Å². The molecule has 92 valence electrons. The molecule has 0 aromatic heterocycles. The van der Waals surface area contributed by atoms with Crippen LogP contribution in [0.15, 0.2) is 0 Å². The van der Waals surface area contributed by atoms with Gasteiger partial charge in [0.1, 0.15) is 6.61 Å². The molecular weight excluding hydrogens is 214 g/mol. The minimum absolute atomic E-state index is 0.0524. The van der Waals surface area contributed by atoms with E-state index in [9.17, 15) is 14.4 Å². The lowest BCUT2D eigenvalue weighted by Crippen LogP contribution is -2.46. The van der Waals surface area contributed by atoms with E-state index >= 15 is 0 Å². The summed E-state index contributed by atoms with van der Waals surface area (Å²) in [6.07, 6.45) is -1.12. The molecule has 6 nitrogen and oxygen atoms in total. The largest absolute Gasteiger partial charge is 0.465 e. The molecule has 0 radical (unpaired) electrons. The first kappa shape index (κ1) is 14.4. The highest BCUT2D eigenvalue weighted by molar-refractivity contribution is 5.82. The van der Waals surface area contributed by atoms with Gasteiger partial charge in [-0.3, -0.25) is 14.4 Å². The fourth-order valence-electron chi connectivity index (χ4n) is 1.13. The quantitative estimate of drug-likeness (QED) is 0.671. The van der Waals surface area contributed by atoms with Gasteiger partial charge in [0.25, 0.3) is 5.91 Å². The van der Waals surface area contributed by atoms with E-state index in [4.69, 9.17) is 15.2 Å². The lowest BCUT2D eigenvalue weighted by Gasteiger charge is -2.30. The van der Waals surface area contributed by atoms with Crippen molar-refractivity contribution in [3.05, 3.63) is 0 Å². The lowest BCUT2D eigenvalue weighted by molar-refractivity contribution is -0.165. The SMILES string of the molecule is CC(=O)OCC(C)(C)[C@H](OC(C)=O)C(N)=O. The van der Waals surface area contributed by atoms with Gasteiger partial charge in [0.05, 0.1) is 0 Å². The van der Waals surface area contributed by atoms with Gasteiger partial charge in [-0.05, 0) is 0 Å². The number of ether oxygens (including phenoxy) is 2. The van der Waals surface area contributed by atoms with Crippen LogP contribution in [0.4, 0.5) is 0 Å². The second-order valence-electron chi connectivity index (χ2n) is 4.16. The second kappa shape index (κ2) is 5.48. The number of esters is 2. The smallest absolute Gasteiger partial charge is 0.303 e. The molecule has 0 aliphatic carbocycles. The first-order valence-corrected chi connectivity index (χ1v) is 4.76. The third kappa shape index (κ3) is 4.77. The van der Waals surface area contributed by atoms with E-state index in [1.165, 1.54) is 13.8 Å². The summed E-state index contributed by atoms with van der Waals surface area (Å²) >= 11 is 0. The maximum absolute atomic E-state index is 11.1. The van der Waals surface area contributed by atoms with Gasteiger partial charge in [-0.1, -0.05) is 13.8 Å². The minimum atomic E-state index is -1.12. The number of primary amides is 1. The monoisotopic (exact) mass is 231 g/mol. The van der Waals surface area contributed by atoms with Gasteiger partial charge in [-0.2, -0.15) is 0 Å². The van der Waals surface area contributed by atoms with E-state index in [2.05, 4.69) is 0 Å². The summed E-state index contributed by atoms with van der Waals surface area (Å²) in [5, 5.41) is 0. The Morgan fingerprint density at radius 3 is 2.00 bits per heavy atom. The molecule has 0 fully saturated rings. The van der Waals surface area contributed by atoms with Crippen LogP contribution in [0.1, 0.15) is 27.7 Å². The predicted octanol–water partition coefficient (Wildman–Crippen LogP) is -0.00730. The number of nitrogens with two attached hydrogens (primary N) is 1. The number of carbonyl (C=O) groups excluding carboxylic acids is 3. The van der Waals surface area contributed by atoms with E-state index in [0.29, 0.717) is 0 Å². The molecule has 6 heteroatoms. The van der Waals surface area contributed by atoms with Crippen LogP contribution in [0.25, 0.3) is 0 Å². The molecule has 0 aromatic rings. The third-order valence-corrected chi connectivity index (χ3v) is 1.90. The predicted molar refractivity (Wildman–Crippen MR) is 55.2 cm³/mol. The molecule has 0 aromatic carbocycles. The van der Waals surface area contributed by atoms with Gasteiger partial charge < -0.3 is 15.2 Å². The number of amides is 1. The maximum atomic E-state index is 11.1. The first-order valence-electron chi connectivity index (χ1n) is 4.76. The Bertz CT molecular complexity index is 298. The van der Waals surface area contributed by atoms with Gasteiger partial charge in [0.15, 0.2) is 6.10 Å². The number of hydrogen-bond acceptors (Lipinski definition) is 5. The van der Waals surface area contributed by atoms with Gasteiger partial charge in [-0.15, -0.1) is 0 Å². The highest BCUT2D eigenvalue weighted by Crippen LogP contribution is 2.24. The average molecular weight is 231 g/mol. The Hall–Kier alpha value is -1.59. The van der Waals surface area contributed by atoms with E-state index in [-0.39, 0.29) is 6.61 Å². The summed E-state index contributed by atoms with van der Waals surface area (Å²) in [6, 6.07) is 0. The van der Waals surface area contributed by atoms with Gasteiger partial charge in [0, 0.05) is 19.3 Å². The summed E-state index contributed by atoms with van der Waals surface area (Å²) in [5.41, 5.74) is 4.26. The summed E-state index contributed by atoms with van der Waals surface area (Å²) in [5.74, 6) is -1.86. The Balaban J connectivity index is 4.67. The molecular formula is C10H17NO5. The van der Waals surface area contributed by atoms with Crippen molar-refractivity contribution in [1.29, 1.82) is 0 Å². The van der Waals surface area contributed by atoms with Gasteiger partial charge >= 0.3 is 11.9 Å². The van der Waals surface area contributed by atoms with Crippen molar-refractivity contribution in [2.45, 2.75) is 33.8 Å². The van der Waals surface area contributed by atoms with Crippen LogP contribution in [-0.2, 0) is 23.9 Å². The van der Waals surface area contributed by atoms with Crippen molar-refractivity contribution in [2.75, 3.05) is 6.61 Å². The van der Waals surface area contributed by atoms with Crippen molar-refractivity contribution in [2.24, 2.45) is 11.1 Å². The van der Waals surface area contributed by atoms with E-state index < -0.39 is 29.4 Å². The third-order valence-electron chi connectivity index (χ3n) is 1.90. The molecule has 0 heterocycles. The maximum Gasteiger partial charge on any atom is 0.303 e. The summed E-state index contributed by atoms with van der Waals surface area (Å²) in [6.45, 7) is 5.62. The molecule has 2 N–H and O–H groups in total. The zero-order valence-corrected chi connectivity index (χ0v) is 9.90. The van der Waals surface area contributed by atoms with E-state index in [0.717, 1.165) is 0 Å². The van der Waals surface area contributed by atoms with Crippen LogP contribution in [0.2, 0.25) is 0 Å². The zero-order chi connectivity index (χ0) is 12.9. The van der Waals surface area contributed by atoms with Crippen LogP contribution in [0, 0.1) is 5.41 Å². The molecule has 0 aliphatic heterocycles. The molecule has 0 bridgehead atoms. The first-order chi connectivity index (χ1) is 7.16. The number of rotatable bonds is 5. The van der Waals surface area contributed by atoms with Crippen molar-refractivity contribution >= 4 is 17.8 Å². The number of hydrogen-bond donors (Lipinski definition) is 1. The Labute approximate surface area is 94.1 Å². The molecule has 0 rings (SSSR count). The molecule has 0 saturated carbocycles. The van der Waals surface area contributed by atoms with Gasteiger partial charge in [-0.25, -0.2) is 0 Å². The molecule has 1 amide bonds. The van der Waals surface area contributed by atoms with Crippen LogP contribution in [0.3, 0.4) is 0 Å². The Kier molecular flexibility index (Phi) is 4.94. The van der Waals surface area contributed by atoms with Crippen LogP contribution in [-0.4, -0.2) is 30.6 Å². The lowest BCUT2D eigenvalue weighted by atomic mass is 9.87. The minimum Gasteiger partial charge on any atom is -0.465 e. The molecule has 1 atom stereocenters. The molecule has 0 spiro atoms. The highest BCUT2D eigenvalue weighted by atomic mass is 16.6. The van der Waals surface area contributed by atoms with E-state index in [1.807, 2.05) is 0 Å². The van der Waals surface area contributed by atoms with Crippen molar-refractivity contribution in [3.63, 3.8) is 0 Å². The standard InChI is InChI=1S/C10H17NO5/c1-6(12)15-5-10(3,4)8(9(11)14)16-7(2)13/h8H,5H2,1-4H3,(H2,11,14)/t8-/m1/s1. The van der Waals surface area contributed by atoms with Gasteiger partial charge in [0.2, 0.25) is 0 Å². The Morgan fingerprint density at radius 2 is 1.69 bits per heavy atom. The number of carbonyl (C=O) groups is 3. The molecule has 0 unspecified atom stereocenters. The van der Waals surface area contributed by atoms with Crippen molar-refractivity contribution in [3.8, 4) is 0 Å². The van der Waals surface area contributed by atoms with Crippen LogP contribution < -0.4 is 5.73 Å². The summed E-state index contributed by atoms with van der Waals surface area (Å²) in [4.78, 5) is 32.6. The molecule has 0 saturated heterocycles. The van der Waals surface area contributed by atoms with Crippen LogP contribution in [0.5, 0.6) is 0 Å².